The monoisotopic (exact) mass is 300 g/mol. The molecule has 21 heavy (non-hydrogen) atoms. The van der Waals surface area contributed by atoms with Crippen LogP contribution in [0.25, 0.3) is 0 Å². The molecule has 0 unspecified atom stereocenters. The van der Waals surface area contributed by atoms with Gasteiger partial charge in [0.1, 0.15) is 0 Å². The summed E-state index contributed by atoms with van der Waals surface area (Å²) in [4.78, 5) is 25.3. The highest BCUT2D eigenvalue weighted by Crippen LogP contribution is 2.34. The first-order valence-corrected chi connectivity index (χ1v) is 6.98. The Bertz CT molecular complexity index is 756. The number of ketones is 2. The molecule has 0 atom stereocenters. The Morgan fingerprint density at radius 2 is 1.57 bits per heavy atom. The standard InChI is InChI=1S/C16H13ClN2O2/c17-11-5-1-3-9-13(11)15(20)10-4-2-6-12(19-8-7-18)14(10)16(9)21/h1-6,19H,7-8,18H2. The lowest BCUT2D eigenvalue weighted by Gasteiger charge is -2.21. The number of hydrogen-bond donors (Lipinski definition) is 2. The molecule has 0 radical (unpaired) electrons. The van der Waals surface area contributed by atoms with Crippen LogP contribution >= 0.6 is 11.6 Å². The molecule has 5 heteroatoms. The second kappa shape index (κ2) is 5.31. The van der Waals surface area contributed by atoms with Crippen molar-refractivity contribution in [2.24, 2.45) is 5.73 Å². The Morgan fingerprint density at radius 3 is 2.29 bits per heavy atom. The molecule has 1 aliphatic carbocycles. The number of hydrogen-bond acceptors (Lipinski definition) is 4. The predicted molar refractivity (Wildman–Crippen MR) is 82.3 cm³/mol. The lowest BCUT2D eigenvalue weighted by Crippen LogP contribution is -2.24. The molecular formula is C16H13ClN2O2. The van der Waals surface area contributed by atoms with E-state index in [1.165, 1.54) is 0 Å². The normalized spacial score (nSPS) is 12.9. The Balaban J connectivity index is 2.21. The van der Waals surface area contributed by atoms with Crippen LogP contribution in [-0.2, 0) is 0 Å². The van der Waals surface area contributed by atoms with Gasteiger partial charge < -0.3 is 11.1 Å². The van der Waals surface area contributed by atoms with E-state index in [4.69, 9.17) is 17.3 Å². The molecule has 4 nitrogen and oxygen atoms in total. The average molecular weight is 301 g/mol. The van der Waals surface area contributed by atoms with E-state index < -0.39 is 0 Å². The smallest absolute Gasteiger partial charge is 0.196 e. The molecule has 0 saturated carbocycles. The number of benzene rings is 2. The van der Waals surface area contributed by atoms with Gasteiger partial charge in [0.2, 0.25) is 0 Å². The topological polar surface area (TPSA) is 72.2 Å². The Hall–Kier alpha value is -2.17. The minimum atomic E-state index is -0.221. The molecule has 0 spiro atoms. The average Bonchev–Trinajstić information content (AvgIpc) is 2.50. The van der Waals surface area contributed by atoms with Crippen molar-refractivity contribution in [2.45, 2.75) is 0 Å². The Kier molecular flexibility index (Phi) is 3.49. The van der Waals surface area contributed by atoms with Crippen LogP contribution < -0.4 is 11.1 Å². The SMILES string of the molecule is NCCNc1cccc2c1C(=O)c1cccc(Cl)c1C2=O. The summed E-state index contributed by atoms with van der Waals surface area (Å²) >= 11 is 6.09. The number of nitrogens with two attached hydrogens (primary N) is 1. The van der Waals surface area contributed by atoms with Crippen molar-refractivity contribution in [3.05, 3.63) is 63.7 Å². The zero-order valence-electron chi connectivity index (χ0n) is 11.2. The molecular weight excluding hydrogens is 288 g/mol. The van der Waals surface area contributed by atoms with E-state index in [2.05, 4.69) is 5.32 Å². The van der Waals surface area contributed by atoms with Crippen molar-refractivity contribution in [2.75, 3.05) is 18.4 Å². The number of halogens is 1. The molecule has 0 bridgehead atoms. The van der Waals surface area contributed by atoms with E-state index in [1.54, 1.807) is 36.4 Å². The number of rotatable bonds is 3. The van der Waals surface area contributed by atoms with Crippen LogP contribution in [0.1, 0.15) is 31.8 Å². The maximum absolute atomic E-state index is 12.7. The molecule has 0 aromatic heterocycles. The summed E-state index contributed by atoms with van der Waals surface area (Å²) in [7, 11) is 0. The van der Waals surface area contributed by atoms with Gasteiger partial charge in [-0.3, -0.25) is 9.59 Å². The number of fused-ring (bicyclic) bond motifs is 2. The van der Waals surface area contributed by atoms with Crippen molar-refractivity contribution in [3.63, 3.8) is 0 Å². The van der Waals surface area contributed by atoms with Gasteiger partial charge in [-0.05, 0) is 12.1 Å². The van der Waals surface area contributed by atoms with Crippen LogP contribution in [-0.4, -0.2) is 24.7 Å². The summed E-state index contributed by atoms with van der Waals surface area (Å²) in [5.74, 6) is -0.413. The lowest BCUT2D eigenvalue weighted by molar-refractivity contribution is 0.0979. The van der Waals surface area contributed by atoms with E-state index in [9.17, 15) is 9.59 Å². The summed E-state index contributed by atoms with van der Waals surface area (Å²) in [6.07, 6.45) is 0. The van der Waals surface area contributed by atoms with Crippen LogP contribution in [0.3, 0.4) is 0 Å². The van der Waals surface area contributed by atoms with Gasteiger partial charge in [0.15, 0.2) is 11.6 Å². The van der Waals surface area contributed by atoms with Crippen molar-refractivity contribution < 1.29 is 9.59 Å². The van der Waals surface area contributed by atoms with Crippen LogP contribution in [0, 0.1) is 0 Å². The van der Waals surface area contributed by atoms with Crippen molar-refractivity contribution in [1.82, 2.24) is 0 Å². The van der Waals surface area contributed by atoms with Crippen LogP contribution in [0.15, 0.2) is 36.4 Å². The van der Waals surface area contributed by atoms with Crippen molar-refractivity contribution in [1.29, 1.82) is 0 Å². The Morgan fingerprint density at radius 1 is 0.952 bits per heavy atom. The molecule has 2 aromatic carbocycles. The third-order valence-electron chi connectivity index (χ3n) is 3.48. The number of anilines is 1. The molecule has 0 amide bonds. The fourth-order valence-corrected chi connectivity index (χ4v) is 2.81. The molecule has 0 aliphatic heterocycles. The minimum Gasteiger partial charge on any atom is -0.383 e. The van der Waals surface area contributed by atoms with Gasteiger partial charge in [0.25, 0.3) is 0 Å². The molecule has 1 aliphatic rings. The van der Waals surface area contributed by atoms with Crippen molar-refractivity contribution >= 4 is 28.9 Å². The van der Waals surface area contributed by atoms with Gasteiger partial charge in [-0.1, -0.05) is 35.9 Å². The first kappa shape index (κ1) is 13.8. The van der Waals surface area contributed by atoms with Crippen LogP contribution in [0.5, 0.6) is 0 Å². The second-order valence-electron chi connectivity index (χ2n) is 4.76. The molecule has 3 rings (SSSR count). The van der Waals surface area contributed by atoms with E-state index in [-0.39, 0.29) is 17.1 Å². The van der Waals surface area contributed by atoms with Crippen LogP contribution in [0.4, 0.5) is 5.69 Å². The van der Waals surface area contributed by atoms with Gasteiger partial charge in [-0.15, -0.1) is 0 Å². The van der Waals surface area contributed by atoms with Gasteiger partial charge in [-0.2, -0.15) is 0 Å². The maximum atomic E-state index is 12.7. The summed E-state index contributed by atoms with van der Waals surface area (Å²) < 4.78 is 0. The first-order chi connectivity index (χ1) is 10.1. The summed E-state index contributed by atoms with van der Waals surface area (Å²) in [6, 6.07) is 10.1. The molecule has 0 heterocycles. The van der Waals surface area contributed by atoms with Crippen molar-refractivity contribution in [3.8, 4) is 0 Å². The van der Waals surface area contributed by atoms with Gasteiger partial charge in [0, 0.05) is 29.9 Å². The predicted octanol–water partition coefficient (Wildman–Crippen LogP) is 2.49. The minimum absolute atomic E-state index is 0.192. The van der Waals surface area contributed by atoms with Gasteiger partial charge in [0.05, 0.1) is 16.1 Å². The van der Waals surface area contributed by atoms with Gasteiger partial charge >= 0.3 is 0 Å². The van der Waals surface area contributed by atoms with Gasteiger partial charge in [-0.25, -0.2) is 0 Å². The fourth-order valence-electron chi connectivity index (χ4n) is 2.55. The lowest BCUT2D eigenvalue weighted by atomic mass is 9.83. The number of nitrogens with one attached hydrogen (secondary N) is 1. The summed E-state index contributed by atoms with van der Waals surface area (Å²) in [5, 5.41) is 3.39. The third kappa shape index (κ3) is 2.13. The van der Waals surface area contributed by atoms with E-state index in [1.807, 2.05) is 0 Å². The molecule has 0 saturated heterocycles. The largest absolute Gasteiger partial charge is 0.383 e. The maximum Gasteiger partial charge on any atom is 0.196 e. The highest BCUT2D eigenvalue weighted by atomic mass is 35.5. The first-order valence-electron chi connectivity index (χ1n) is 6.60. The molecule has 106 valence electrons. The number of carbonyl (C=O) groups is 2. The molecule has 3 N–H and O–H groups in total. The molecule has 2 aromatic rings. The Labute approximate surface area is 126 Å². The zero-order valence-corrected chi connectivity index (χ0v) is 11.9. The fraction of sp³-hybridized carbons (Fsp3) is 0.125. The highest BCUT2D eigenvalue weighted by molar-refractivity contribution is 6.39. The van der Waals surface area contributed by atoms with E-state index >= 15 is 0 Å². The summed E-state index contributed by atoms with van der Waals surface area (Å²) in [5.41, 5.74) is 7.51. The van der Waals surface area contributed by atoms with E-state index in [0.717, 1.165) is 0 Å². The van der Waals surface area contributed by atoms with E-state index in [0.29, 0.717) is 40.5 Å². The zero-order chi connectivity index (χ0) is 15.0. The number of carbonyl (C=O) groups excluding carboxylic acids is 2. The third-order valence-corrected chi connectivity index (χ3v) is 3.80. The molecule has 0 fully saturated rings. The van der Waals surface area contributed by atoms with Crippen LogP contribution in [0.2, 0.25) is 5.02 Å². The summed E-state index contributed by atoms with van der Waals surface area (Å²) in [6.45, 7) is 0.967. The highest BCUT2D eigenvalue weighted by Gasteiger charge is 2.32. The second-order valence-corrected chi connectivity index (χ2v) is 5.17. The quantitative estimate of drug-likeness (QED) is 0.779.